The summed E-state index contributed by atoms with van der Waals surface area (Å²) in [7, 11) is 1.62. The fraction of sp³-hybridized carbons (Fsp3) is 0.333. The summed E-state index contributed by atoms with van der Waals surface area (Å²) in [4.78, 5) is 27.7. The van der Waals surface area contributed by atoms with Crippen molar-refractivity contribution in [2.24, 2.45) is 5.92 Å². The maximum absolute atomic E-state index is 10.9. The van der Waals surface area contributed by atoms with Gasteiger partial charge in [0, 0.05) is 38.0 Å². The van der Waals surface area contributed by atoms with Crippen LogP contribution in [0.15, 0.2) is 42.7 Å². The van der Waals surface area contributed by atoms with Crippen LogP contribution in [0.4, 0.5) is 16.8 Å². The summed E-state index contributed by atoms with van der Waals surface area (Å²) in [6, 6.07) is 9.40. The van der Waals surface area contributed by atoms with Crippen molar-refractivity contribution >= 4 is 58.9 Å². The topological polar surface area (TPSA) is 100 Å². The average Bonchev–Trinajstić information content (AvgIpc) is 3.24. The van der Waals surface area contributed by atoms with Gasteiger partial charge in [0.05, 0.1) is 17.7 Å². The number of thiazole rings is 1. The summed E-state index contributed by atoms with van der Waals surface area (Å²) >= 11 is 1.60. The van der Waals surface area contributed by atoms with Crippen molar-refractivity contribution < 1.29 is 14.6 Å². The summed E-state index contributed by atoms with van der Waals surface area (Å²) in [5, 5.41) is 13.1. The minimum absolute atomic E-state index is 0. The molecule has 4 heterocycles. The highest BCUT2D eigenvalue weighted by molar-refractivity contribution is 7.18. The van der Waals surface area contributed by atoms with Crippen LogP contribution >= 0.6 is 36.2 Å². The standard InChI is InChI=1S/C21H23N5O3S.2ClH/c1-29-15-5-8-22-19(12-15)25-18-4-2-3-16(24-18)17-13-23-21(30-17)26-9-6-14(7-10-26)11-20(27)28;;/h2-5,8,12-14H,6-7,9-11H2,1H3,(H,27,28)(H,22,24,25);2*1H. The van der Waals surface area contributed by atoms with Gasteiger partial charge in [-0.15, -0.1) is 24.8 Å². The molecule has 1 saturated heterocycles. The largest absolute Gasteiger partial charge is 0.497 e. The quantitative estimate of drug-likeness (QED) is 0.475. The normalized spacial score (nSPS) is 13.6. The molecule has 11 heteroatoms. The van der Waals surface area contributed by atoms with E-state index >= 15 is 0 Å². The summed E-state index contributed by atoms with van der Waals surface area (Å²) in [5.41, 5.74) is 0.840. The van der Waals surface area contributed by atoms with Crippen molar-refractivity contribution in [3.8, 4) is 16.3 Å². The number of nitrogens with one attached hydrogen (secondary N) is 1. The lowest BCUT2D eigenvalue weighted by atomic mass is 9.94. The van der Waals surface area contributed by atoms with E-state index in [1.54, 1.807) is 30.7 Å². The van der Waals surface area contributed by atoms with E-state index in [1.165, 1.54) is 0 Å². The van der Waals surface area contributed by atoms with Gasteiger partial charge >= 0.3 is 5.97 Å². The molecule has 0 radical (unpaired) electrons. The molecule has 0 amide bonds. The molecule has 1 aliphatic rings. The van der Waals surface area contributed by atoms with Crippen LogP contribution < -0.4 is 15.0 Å². The Morgan fingerprint density at radius 1 is 1.22 bits per heavy atom. The first-order valence-electron chi connectivity index (χ1n) is 9.78. The Morgan fingerprint density at radius 2 is 2.00 bits per heavy atom. The van der Waals surface area contributed by atoms with E-state index in [0.29, 0.717) is 11.6 Å². The molecule has 0 atom stereocenters. The molecule has 32 heavy (non-hydrogen) atoms. The first-order chi connectivity index (χ1) is 14.6. The number of rotatable bonds is 7. The van der Waals surface area contributed by atoms with Crippen LogP contribution in [0.25, 0.3) is 10.6 Å². The van der Waals surface area contributed by atoms with E-state index in [9.17, 15) is 4.79 Å². The highest BCUT2D eigenvalue weighted by Crippen LogP contribution is 2.33. The van der Waals surface area contributed by atoms with Gasteiger partial charge in [-0.3, -0.25) is 4.79 Å². The number of nitrogens with zero attached hydrogens (tertiary/aromatic N) is 4. The maximum atomic E-state index is 10.9. The van der Waals surface area contributed by atoms with E-state index in [1.807, 2.05) is 30.5 Å². The molecule has 0 unspecified atom stereocenters. The molecule has 0 aromatic carbocycles. The van der Waals surface area contributed by atoms with E-state index < -0.39 is 5.97 Å². The third-order valence-corrected chi connectivity index (χ3v) is 6.15. The number of carboxylic acids is 1. The first kappa shape index (κ1) is 25.6. The molecule has 4 rings (SSSR count). The Balaban J connectivity index is 0.00000181. The van der Waals surface area contributed by atoms with Crippen LogP contribution in [0.5, 0.6) is 5.75 Å². The second kappa shape index (κ2) is 11.8. The number of halogens is 2. The number of anilines is 3. The molecule has 2 N–H and O–H groups in total. The minimum Gasteiger partial charge on any atom is -0.497 e. The monoisotopic (exact) mass is 497 g/mol. The smallest absolute Gasteiger partial charge is 0.303 e. The lowest BCUT2D eigenvalue weighted by Gasteiger charge is -2.30. The molecule has 0 saturated carbocycles. The molecule has 0 aliphatic carbocycles. The molecule has 8 nitrogen and oxygen atoms in total. The highest BCUT2D eigenvalue weighted by Gasteiger charge is 2.23. The second-order valence-electron chi connectivity index (χ2n) is 7.15. The van der Waals surface area contributed by atoms with E-state index in [0.717, 1.165) is 47.4 Å². The Labute approximate surface area is 202 Å². The molecule has 0 spiro atoms. The molecule has 1 aliphatic heterocycles. The van der Waals surface area contributed by atoms with Crippen LogP contribution in [0.3, 0.4) is 0 Å². The predicted octanol–water partition coefficient (Wildman–Crippen LogP) is 4.89. The van der Waals surface area contributed by atoms with Crippen LogP contribution in [0, 0.1) is 5.92 Å². The van der Waals surface area contributed by atoms with Crippen molar-refractivity contribution in [3.05, 3.63) is 42.7 Å². The zero-order valence-corrected chi connectivity index (χ0v) is 19.9. The third-order valence-electron chi connectivity index (χ3n) is 5.07. The van der Waals surface area contributed by atoms with Crippen LogP contribution in [-0.4, -0.2) is 46.2 Å². The molecular formula is C21H25Cl2N5O3S. The zero-order valence-electron chi connectivity index (χ0n) is 17.4. The van der Waals surface area contributed by atoms with Gasteiger partial charge in [-0.05, 0) is 37.0 Å². The second-order valence-corrected chi connectivity index (χ2v) is 8.16. The third kappa shape index (κ3) is 6.44. The number of hydrogen-bond donors (Lipinski definition) is 2. The Bertz CT molecular complexity index is 1030. The van der Waals surface area contributed by atoms with Crippen molar-refractivity contribution in [3.63, 3.8) is 0 Å². The zero-order chi connectivity index (χ0) is 20.9. The Morgan fingerprint density at radius 3 is 2.72 bits per heavy atom. The SMILES string of the molecule is COc1ccnc(Nc2cccc(-c3cnc(N4CCC(CC(=O)O)CC4)s3)n2)c1.Cl.Cl. The summed E-state index contributed by atoms with van der Waals surface area (Å²) in [6.07, 6.45) is 5.54. The summed E-state index contributed by atoms with van der Waals surface area (Å²) in [5.74, 6) is 1.62. The van der Waals surface area contributed by atoms with Crippen molar-refractivity contribution in [1.29, 1.82) is 0 Å². The first-order valence-corrected chi connectivity index (χ1v) is 10.6. The van der Waals surface area contributed by atoms with Gasteiger partial charge in [0.25, 0.3) is 0 Å². The maximum Gasteiger partial charge on any atom is 0.303 e. The van der Waals surface area contributed by atoms with E-state index in [2.05, 4.69) is 20.2 Å². The Hall–Kier alpha value is -2.62. The number of aliphatic carboxylic acids is 1. The van der Waals surface area contributed by atoms with Crippen LogP contribution in [0.1, 0.15) is 19.3 Å². The molecule has 3 aromatic heterocycles. The lowest BCUT2D eigenvalue weighted by Crippen LogP contribution is -2.34. The van der Waals surface area contributed by atoms with Gasteiger partial charge in [0.2, 0.25) is 0 Å². The number of carbonyl (C=O) groups is 1. The van der Waals surface area contributed by atoms with Gasteiger partial charge < -0.3 is 20.1 Å². The fourth-order valence-corrected chi connectivity index (χ4v) is 4.42. The number of aromatic nitrogens is 3. The number of carboxylic acid groups (broad SMARTS) is 1. The minimum atomic E-state index is -0.714. The van der Waals surface area contributed by atoms with Crippen molar-refractivity contribution in [2.45, 2.75) is 19.3 Å². The van der Waals surface area contributed by atoms with E-state index in [4.69, 9.17) is 14.8 Å². The molecule has 3 aromatic rings. The average molecular weight is 498 g/mol. The van der Waals surface area contributed by atoms with Gasteiger partial charge in [-0.2, -0.15) is 0 Å². The molecule has 1 fully saturated rings. The van der Waals surface area contributed by atoms with Gasteiger partial charge in [0.1, 0.15) is 17.4 Å². The summed E-state index contributed by atoms with van der Waals surface area (Å²) < 4.78 is 5.23. The predicted molar refractivity (Wildman–Crippen MR) is 131 cm³/mol. The number of ether oxygens (including phenoxy) is 1. The van der Waals surface area contributed by atoms with Gasteiger partial charge in [0.15, 0.2) is 5.13 Å². The number of piperidine rings is 1. The number of hydrogen-bond acceptors (Lipinski definition) is 8. The molecule has 0 bridgehead atoms. The van der Waals surface area contributed by atoms with Crippen molar-refractivity contribution in [2.75, 3.05) is 30.4 Å². The Kier molecular flexibility index (Phi) is 9.49. The van der Waals surface area contributed by atoms with Crippen molar-refractivity contribution in [1.82, 2.24) is 15.0 Å². The van der Waals surface area contributed by atoms with Crippen LogP contribution in [0.2, 0.25) is 0 Å². The van der Waals surface area contributed by atoms with Gasteiger partial charge in [-0.25, -0.2) is 15.0 Å². The number of methoxy groups -OCH3 is 1. The molecular weight excluding hydrogens is 473 g/mol. The molecule has 172 valence electrons. The van der Waals surface area contributed by atoms with Crippen LogP contribution in [-0.2, 0) is 4.79 Å². The lowest BCUT2D eigenvalue weighted by molar-refractivity contribution is -0.138. The number of pyridine rings is 2. The van der Waals surface area contributed by atoms with Gasteiger partial charge in [-0.1, -0.05) is 17.4 Å². The highest BCUT2D eigenvalue weighted by atomic mass is 35.5. The van der Waals surface area contributed by atoms with E-state index in [-0.39, 0.29) is 37.2 Å². The summed E-state index contributed by atoms with van der Waals surface area (Å²) in [6.45, 7) is 1.67. The fourth-order valence-electron chi connectivity index (χ4n) is 3.48.